The quantitative estimate of drug-likeness (QED) is 0.139. The van der Waals surface area contributed by atoms with Crippen molar-refractivity contribution in [3.63, 3.8) is 0 Å². The van der Waals surface area contributed by atoms with Crippen LogP contribution in [0.1, 0.15) is 142 Å². The largest absolute Gasteiger partial charge is 0.275 e. The lowest BCUT2D eigenvalue weighted by Gasteiger charge is -2.13. The Morgan fingerprint density at radius 1 is 0.567 bits per heavy atom. The van der Waals surface area contributed by atoms with Crippen LogP contribution in [0.2, 0.25) is 0 Å². The fourth-order valence-electron chi connectivity index (χ4n) is 4.37. The maximum atomic E-state index is 11.8. The molecular formula is C27H49NO2. The fourth-order valence-corrected chi connectivity index (χ4v) is 4.37. The first-order valence-electron chi connectivity index (χ1n) is 13.2. The van der Waals surface area contributed by atoms with Crippen LogP contribution in [0.25, 0.3) is 0 Å². The monoisotopic (exact) mass is 419 g/mol. The average Bonchev–Trinajstić information content (AvgIpc) is 2.98. The average molecular weight is 420 g/mol. The van der Waals surface area contributed by atoms with Crippen molar-refractivity contribution in [1.29, 1.82) is 0 Å². The Hall–Kier alpha value is -1.12. The minimum atomic E-state index is -0.129. The molecule has 1 aliphatic heterocycles. The van der Waals surface area contributed by atoms with Gasteiger partial charge in [-0.25, -0.2) is 0 Å². The van der Waals surface area contributed by atoms with Crippen molar-refractivity contribution in [2.45, 2.75) is 142 Å². The molecule has 0 aromatic carbocycles. The van der Waals surface area contributed by atoms with Crippen LogP contribution < -0.4 is 0 Å². The summed E-state index contributed by atoms with van der Waals surface area (Å²) >= 11 is 0. The summed E-state index contributed by atoms with van der Waals surface area (Å²) in [4.78, 5) is 24.8. The minimum absolute atomic E-state index is 0.0993. The Morgan fingerprint density at radius 3 is 1.20 bits per heavy atom. The maximum absolute atomic E-state index is 11.8. The lowest BCUT2D eigenvalue weighted by Crippen LogP contribution is -2.31. The summed E-state index contributed by atoms with van der Waals surface area (Å²) in [6, 6.07) is 0. The topological polar surface area (TPSA) is 37.4 Å². The highest BCUT2D eigenvalue weighted by molar-refractivity contribution is 6.15. The Labute approximate surface area is 187 Å². The number of nitrogens with zero attached hydrogens (tertiary/aromatic N) is 1. The zero-order valence-electron chi connectivity index (χ0n) is 20.2. The molecule has 30 heavy (non-hydrogen) atoms. The van der Waals surface area contributed by atoms with Crippen LogP contribution in [0, 0.1) is 0 Å². The number of hydrogen-bond acceptors (Lipinski definition) is 2. The fraction of sp³-hybridized carbons (Fsp3) is 0.852. The predicted molar refractivity (Wildman–Crippen MR) is 128 cm³/mol. The molecule has 2 amide bonds. The van der Waals surface area contributed by atoms with Crippen molar-refractivity contribution < 1.29 is 9.59 Å². The van der Waals surface area contributed by atoms with Crippen LogP contribution in [-0.2, 0) is 9.59 Å². The second-order valence-corrected chi connectivity index (χ2v) is 9.34. The number of hydrogen-bond donors (Lipinski definition) is 0. The first-order valence-corrected chi connectivity index (χ1v) is 13.2. The molecule has 0 spiro atoms. The van der Waals surface area contributed by atoms with Gasteiger partial charge in [0, 0.05) is 18.2 Å². The molecule has 3 nitrogen and oxygen atoms in total. The SMILES string of the molecule is CCCCCCCCCCCCCCCCCCCCCCN1C(=O)C=C(C)C1=O. The standard InChI is InChI=1S/C27H49NO2/c1-3-4-5-6-7-8-9-10-11-12-13-14-15-16-17-18-19-20-21-22-23-28-26(29)24-25(2)27(28)30/h24H,3-23H2,1-2H3. The molecule has 0 N–H and O–H groups in total. The molecule has 0 aliphatic carbocycles. The van der Waals surface area contributed by atoms with Crippen molar-refractivity contribution in [3.05, 3.63) is 11.6 Å². The van der Waals surface area contributed by atoms with E-state index in [2.05, 4.69) is 6.92 Å². The van der Waals surface area contributed by atoms with Gasteiger partial charge >= 0.3 is 0 Å². The predicted octanol–water partition coefficient (Wildman–Crippen LogP) is 8.12. The van der Waals surface area contributed by atoms with E-state index in [9.17, 15) is 9.59 Å². The summed E-state index contributed by atoms with van der Waals surface area (Å²) in [6.45, 7) is 4.59. The van der Waals surface area contributed by atoms with E-state index in [0.717, 1.165) is 12.8 Å². The summed E-state index contributed by atoms with van der Waals surface area (Å²) in [6.07, 6.45) is 28.7. The molecule has 174 valence electrons. The third-order valence-corrected chi connectivity index (χ3v) is 6.42. The van der Waals surface area contributed by atoms with Crippen molar-refractivity contribution >= 4 is 11.8 Å². The zero-order chi connectivity index (χ0) is 21.9. The van der Waals surface area contributed by atoms with Gasteiger partial charge in [0.25, 0.3) is 11.8 Å². The number of rotatable bonds is 21. The van der Waals surface area contributed by atoms with Gasteiger partial charge in [-0.2, -0.15) is 0 Å². The number of amides is 2. The lowest BCUT2D eigenvalue weighted by molar-refractivity contribution is -0.137. The van der Waals surface area contributed by atoms with E-state index in [1.165, 1.54) is 127 Å². The normalized spacial score (nSPS) is 14.1. The second-order valence-electron chi connectivity index (χ2n) is 9.34. The van der Waals surface area contributed by atoms with Gasteiger partial charge in [0.1, 0.15) is 0 Å². The molecule has 0 aromatic rings. The van der Waals surface area contributed by atoms with Crippen LogP contribution in [0.3, 0.4) is 0 Å². The van der Waals surface area contributed by atoms with Gasteiger partial charge < -0.3 is 0 Å². The molecular weight excluding hydrogens is 370 g/mol. The molecule has 0 aromatic heterocycles. The van der Waals surface area contributed by atoms with Crippen LogP contribution in [-0.4, -0.2) is 23.3 Å². The van der Waals surface area contributed by atoms with Crippen LogP contribution in [0.4, 0.5) is 0 Å². The van der Waals surface area contributed by atoms with Crippen LogP contribution in [0.5, 0.6) is 0 Å². The van der Waals surface area contributed by atoms with E-state index >= 15 is 0 Å². The first-order chi connectivity index (χ1) is 14.7. The molecule has 0 atom stereocenters. The van der Waals surface area contributed by atoms with Gasteiger partial charge in [0.05, 0.1) is 0 Å². The van der Waals surface area contributed by atoms with Crippen molar-refractivity contribution in [3.8, 4) is 0 Å². The van der Waals surface area contributed by atoms with E-state index in [0.29, 0.717) is 12.1 Å². The van der Waals surface area contributed by atoms with Gasteiger partial charge in [-0.3, -0.25) is 14.5 Å². The summed E-state index contributed by atoms with van der Waals surface area (Å²) < 4.78 is 0. The number of carbonyl (C=O) groups is 2. The molecule has 1 heterocycles. The minimum Gasteiger partial charge on any atom is -0.275 e. The molecule has 0 saturated heterocycles. The van der Waals surface area contributed by atoms with E-state index in [1.807, 2.05) is 0 Å². The maximum Gasteiger partial charge on any atom is 0.256 e. The Morgan fingerprint density at radius 2 is 0.900 bits per heavy atom. The van der Waals surface area contributed by atoms with Crippen LogP contribution >= 0.6 is 0 Å². The highest BCUT2D eigenvalue weighted by Crippen LogP contribution is 2.16. The van der Waals surface area contributed by atoms with Gasteiger partial charge in [-0.15, -0.1) is 0 Å². The number of unbranched alkanes of at least 4 members (excludes halogenated alkanes) is 19. The van der Waals surface area contributed by atoms with Crippen molar-refractivity contribution in [2.75, 3.05) is 6.54 Å². The van der Waals surface area contributed by atoms with E-state index in [-0.39, 0.29) is 11.8 Å². The molecule has 1 rings (SSSR count). The van der Waals surface area contributed by atoms with E-state index in [1.54, 1.807) is 6.92 Å². The second kappa shape index (κ2) is 18.6. The summed E-state index contributed by atoms with van der Waals surface area (Å²) in [7, 11) is 0. The van der Waals surface area contributed by atoms with Crippen LogP contribution in [0.15, 0.2) is 11.6 Å². The van der Waals surface area contributed by atoms with Gasteiger partial charge in [0.2, 0.25) is 0 Å². The zero-order valence-corrected chi connectivity index (χ0v) is 20.2. The molecule has 0 unspecified atom stereocenters. The lowest BCUT2D eigenvalue weighted by atomic mass is 10.0. The van der Waals surface area contributed by atoms with Gasteiger partial charge in [-0.05, 0) is 13.3 Å². The molecule has 0 fully saturated rings. The smallest absolute Gasteiger partial charge is 0.256 e. The molecule has 1 aliphatic rings. The van der Waals surface area contributed by atoms with Gasteiger partial charge in [0.15, 0.2) is 0 Å². The molecule has 0 radical (unpaired) electrons. The highest BCUT2D eigenvalue weighted by Gasteiger charge is 2.27. The van der Waals surface area contributed by atoms with E-state index in [4.69, 9.17) is 0 Å². The third-order valence-electron chi connectivity index (χ3n) is 6.42. The summed E-state index contributed by atoms with van der Waals surface area (Å²) in [5.41, 5.74) is 0.577. The van der Waals surface area contributed by atoms with Crippen molar-refractivity contribution in [1.82, 2.24) is 4.90 Å². The highest BCUT2D eigenvalue weighted by atomic mass is 16.2. The molecule has 0 bridgehead atoms. The molecule has 0 saturated carbocycles. The van der Waals surface area contributed by atoms with Gasteiger partial charge in [-0.1, -0.05) is 129 Å². The molecule has 3 heteroatoms. The Bertz CT molecular complexity index is 483. The number of carbonyl (C=O) groups excluding carboxylic acids is 2. The number of imide groups is 1. The Kier molecular flexibility index (Phi) is 16.7. The summed E-state index contributed by atoms with van der Waals surface area (Å²) in [5, 5.41) is 0. The van der Waals surface area contributed by atoms with Crippen molar-refractivity contribution in [2.24, 2.45) is 0 Å². The third kappa shape index (κ3) is 13.2. The first kappa shape index (κ1) is 26.9. The Balaban J connectivity index is 1.72. The van der Waals surface area contributed by atoms with E-state index < -0.39 is 0 Å². The summed E-state index contributed by atoms with van der Waals surface area (Å²) in [5.74, 6) is -0.229.